The highest BCUT2D eigenvalue weighted by atomic mass is 16.6. The van der Waals surface area contributed by atoms with E-state index in [0.29, 0.717) is 6.42 Å². The average Bonchev–Trinajstić information content (AvgIpc) is 2.88. The minimum Gasteiger partial charge on any atom is -0.486 e. The summed E-state index contributed by atoms with van der Waals surface area (Å²) in [4.78, 5) is 10.8. The van der Waals surface area contributed by atoms with Crippen LogP contribution < -0.4 is 10.5 Å². The third-order valence-corrected chi connectivity index (χ3v) is 4.02. The molecule has 2 aromatic carbocycles. The lowest BCUT2D eigenvalue weighted by Crippen LogP contribution is -2.25. The third-order valence-electron chi connectivity index (χ3n) is 4.02. The minimum atomic E-state index is -0.769. The average molecular weight is 297 g/mol. The summed E-state index contributed by atoms with van der Waals surface area (Å²) in [6.45, 7) is 4.41. The molecule has 4 nitrogen and oxygen atoms in total. The topological polar surface area (TPSA) is 61.5 Å². The standard InChI is InChI=1S/C18H19NO3/c1-11-5-3-6-12(2)17(11)14-7-4-8-16-15(14)9-13(22-16)10-21-18(19)20/h3-8,13H,9-10H2,1-2H3,(H2,19,20). The highest BCUT2D eigenvalue weighted by Gasteiger charge is 2.27. The van der Waals surface area contributed by atoms with Crippen molar-refractivity contribution in [3.05, 3.63) is 53.1 Å². The van der Waals surface area contributed by atoms with Crippen LogP contribution in [0.5, 0.6) is 5.75 Å². The molecule has 22 heavy (non-hydrogen) atoms. The van der Waals surface area contributed by atoms with E-state index in [1.54, 1.807) is 0 Å². The molecule has 1 aliphatic rings. The number of benzene rings is 2. The van der Waals surface area contributed by atoms with Gasteiger partial charge in [-0.3, -0.25) is 0 Å². The quantitative estimate of drug-likeness (QED) is 0.944. The van der Waals surface area contributed by atoms with Gasteiger partial charge in [-0.25, -0.2) is 4.79 Å². The molecule has 0 bridgehead atoms. The first kappa shape index (κ1) is 14.4. The van der Waals surface area contributed by atoms with Crippen LogP contribution in [0, 0.1) is 13.8 Å². The number of rotatable bonds is 3. The predicted molar refractivity (Wildman–Crippen MR) is 85.0 cm³/mol. The summed E-state index contributed by atoms with van der Waals surface area (Å²) in [6, 6.07) is 12.4. The maximum absolute atomic E-state index is 10.8. The third kappa shape index (κ3) is 2.64. The van der Waals surface area contributed by atoms with Crippen LogP contribution in [-0.2, 0) is 11.2 Å². The molecule has 0 fully saturated rings. The number of carbonyl (C=O) groups excluding carboxylic acids is 1. The van der Waals surface area contributed by atoms with E-state index >= 15 is 0 Å². The van der Waals surface area contributed by atoms with E-state index in [0.717, 1.165) is 11.3 Å². The molecule has 1 heterocycles. The minimum absolute atomic E-state index is 0.173. The van der Waals surface area contributed by atoms with Crippen molar-refractivity contribution in [1.82, 2.24) is 0 Å². The number of hydrogen-bond acceptors (Lipinski definition) is 3. The summed E-state index contributed by atoms with van der Waals surface area (Å²) in [5.74, 6) is 0.859. The molecule has 0 radical (unpaired) electrons. The number of aryl methyl sites for hydroxylation is 2. The Balaban J connectivity index is 1.95. The number of fused-ring (bicyclic) bond motifs is 1. The van der Waals surface area contributed by atoms with E-state index in [1.807, 2.05) is 12.1 Å². The number of amides is 1. The summed E-state index contributed by atoms with van der Waals surface area (Å²) < 4.78 is 10.7. The molecular weight excluding hydrogens is 278 g/mol. The molecular formula is C18H19NO3. The zero-order chi connectivity index (χ0) is 15.7. The van der Waals surface area contributed by atoms with Crippen LogP contribution in [-0.4, -0.2) is 18.8 Å². The fourth-order valence-corrected chi connectivity index (χ4v) is 3.08. The molecule has 3 rings (SSSR count). The Morgan fingerprint density at radius 3 is 2.59 bits per heavy atom. The molecule has 0 saturated carbocycles. The zero-order valence-corrected chi connectivity index (χ0v) is 12.8. The maximum atomic E-state index is 10.8. The molecule has 0 saturated heterocycles. The Kier molecular flexibility index (Phi) is 3.75. The van der Waals surface area contributed by atoms with Gasteiger partial charge in [0.2, 0.25) is 0 Å². The maximum Gasteiger partial charge on any atom is 0.404 e. The fourth-order valence-electron chi connectivity index (χ4n) is 3.08. The summed E-state index contributed by atoms with van der Waals surface area (Å²) in [6.07, 6.45) is -0.227. The van der Waals surface area contributed by atoms with Crippen molar-refractivity contribution >= 4 is 6.09 Å². The van der Waals surface area contributed by atoms with E-state index in [2.05, 4.69) is 38.1 Å². The second kappa shape index (κ2) is 5.72. The normalized spacial score (nSPS) is 16.0. The Labute approximate surface area is 129 Å². The highest BCUT2D eigenvalue weighted by molar-refractivity contribution is 5.76. The highest BCUT2D eigenvalue weighted by Crippen LogP contribution is 2.39. The van der Waals surface area contributed by atoms with Crippen LogP contribution in [0.4, 0.5) is 4.79 Å². The van der Waals surface area contributed by atoms with Gasteiger partial charge in [0.15, 0.2) is 0 Å². The van der Waals surface area contributed by atoms with E-state index in [-0.39, 0.29) is 12.7 Å². The summed E-state index contributed by atoms with van der Waals surface area (Å²) in [7, 11) is 0. The monoisotopic (exact) mass is 297 g/mol. The smallest absolute Gasteiger partial charge is 0.404 e. The number of nitrogens with two attached hydrogens (primary N) is 1. The Morgan fingerprint density at radius 2 is 1.91 bits per heavy atom. The fraction of sp³-hybridized carbons (Fsp3) is 0.278. The van der Waals surface area contributed by atoms with Crippen molar-refractivity contribution in [3.63, 3.8) is 0 Å². The number of carbonyl (C=O) groups is 1. The van der Waals surface area contributed by atoms with Crippen molar-refractivity contribution < 1.29 is 14.3 Å². The van der Waals surface area contributed by atoms with Gasteiger partial charge in [0.25, 0.3) is 0 Å². The van der Waals surface area contributed by atoms with Crippen molar-refractivity contribution in [2.75, 3.05) is 6.61 Å². The Hall–Kier alpha value is -2.49. The van der Waals surface area contributed by atoms with Gasteiger partial charge in [0.05, 0.1) is 0 Å². The van der Waals surface area contributed by atoms with Crippen LogP contribution in [0.1, 0.15) is 16.7 Å². The molecule has 0 spiro atoms. The first-order valence-corrected chi connectivity index (χ1v) is 7.33. The van der Waals surface area contributed by atoms with E-state index < -0.39 is 6.09 Å². The Bertz CT molecular complexity index is 704. The largest absolute Gasteiger partial charge is 0.486 e. The number of hydrogen-bond donors (Lipinski definition) is 1. The molecule has 1 amide bonds. The summed E-state index contributed by atoms with van der Waals surface area (Å²) in [5.41, 5.74) is 11.1. The van der Waals surface area contributed by atoms with Crippen molar-refractivity contribution in [2.45, 2.75) is 26.4 Å². The zero-order valence-electron chi connectivity index (χ0n) is 12.8. The van der Waals surface area contributed by atoms with Gasteiger partial charge in [0.1, 0.15) is 18.5 Å². The molecule has 0 aliphatic carbocycles. The first-order chi connectivity index (χ1) is 10.6. The summed E-state index contributed by atoms with van der Waals surface area (Å²) in [5, 5.41) is 0. The number of ether oxygens (including phenoxy) is 2. The van der Waals surface area contributed by atoms with Gasteiger partial charge in [-0.05, 0) is 42.2 Å². The molecule has 1 unspecified atom stereocenters. The van der Waals surface area contributed by atoms with Gasteiger partial charge in [-0.2, -0.15) is 0 Å². The lowest BCUT2D eigenvalue weighted by Gasteiger charge is -2.13. The molecule has 2 aromatic rings. The number of primary amides is 1. The lowest BCUT2D eigenvalue weighted by atomic mass is 9.91. The van der Waals surface area contributed by atoms with Gasteiger partial charge < -0.3 is 15.2 Å². The predicted octanol–water partition coefficient (Wildman–Crippen LogP) is 3.37. The summed E-state index contributed by atoms with van der Waals surface area (Å²) >= 11 is 0. The van der Waals surface area contributed by atoms with E-state index in [9.17, 15) is 4.79 Å². The van der Waals surface area contributed by atoms with Crippen LogP contribution in [0.25, 0.3) is 11.1 Å². The van der Waals surface area contributed by atoms with Crippen LogP contribution in [0.3, 0.4) is 0 Å². The van der Waals surface area contributed by atoms with Gasteiger partial charge in [0, 0.05) is 12.0 Å². The van der Waals surface area contributed by atoms with Crippen molar-refractivity contribution in [1.29, 1.82) is 0 Å². The molecule has 4 heteroatoms. The van der Waals surface area contributed by atoms with Crippen LogP contribution in [0.2, 0.25) is 0 Å². The van der Waals surface area contributed by atoms with Gasteiger partial charge in [-0.15, -0.1) is 0 Å². The molecule has 2 N–H and O–H groups in total. The Morgan fingerprint density at radius 1 is 1.23 bits per heavy atom. The lowest BCUT2D eigenvalue weighted by molar-refractivity contribution is 0.0989. The van der Waals surface area contributed by atoms with Crippen LogP contribution >= 0.6 is 0 Å². The van der Waals surface area contributed by atoms with E-state index in [1.165, 1.54) is 22.3 Å². The van der Waals surface area contributed by atoms with Crippen molar-refractivity contribution in [3.8, 4) is 16.9 Å². The second-order valence-corrected chi connectivity index (χ2v) is 5.62. The second-order valence-electron chi connectivity index (χ2n) is 5.62. The van der Waals surface area contributed by atoms with Crippen molar-refractivity contribution in [2.24, 2.45) is 5.73 Å². The first-order valence-electron chi connectivity index (χ1n) is 7.33. The molecule has 1 aliphatic heterocycles. The molecule has 0 aromatic heterocycles. The SMILES string of the molecule is Cc1cccc(C)c1-c1cccc2c1CC(COC(N)=O)O2. The van der Waals surface area contributed by atoms with E-state index in [4.69, 9.17) is 15.2 Å². The van der Waals surface area contributed by atoms with Crippen LogP contribution in [0.15, 0.2) is 36.4 Å². The van der Waals surface area contributed by atoms with Gasteiger partial charge in [-0.1, -0.05) is 30.3 Å². The van der Waals surface area contributed by atoms with Gasteiger partial charge >= 0.3 is 6.09 Å². The molecule has 114 valence electrons. The molecule has 1 atom stereocenters.